The Balaban J connectivity index is 2.34. The van der Waals surface area contributed by atoms with E-state index in [4.69, 9.17) is 0 Å². The Kier molecular flexibility index (Phi) is 3.89. The standard InChI is InChI=1S/C16H11N3O6/c1-25-15(23)11-8(12(21)7-4-2-3-5-10(7)20)6-9-13(17-11)18-16(24)19-14(9)22/h2-6,20H,1H3,(H2,17,18,19,22,24). The molecule has 0 spiro atoms. The molecule has 0 unspecified atom stereocenters. The van der Waals surface area contributed by atoms with Gasteiger partial charge in [0, 0.05) is 0 Å². The number of rotatable bonds is 3. The summed E-state index contributed by atoms with van der Waals surface area (Å²) in [6.07, 6.45) is 0. The van der Waals surface area contributed by atoms with Crippen LogP contribution in [0.3, 0.4) is 0 Å². The van der Waals surface area contributed by atoms with E-state index in [9.17, 15) is 24.3 Å². The fraction of sp³-hybridized carbons (Fsp3) is 0.0625. The van der Waals surface area contributed by atoms with Gasteiger partial charge in [0.15, 0.2) is 11.5 Å². The Labute approximate surface area is 138 Å². The first-order valence-electron chi connectivity index (χ1n) is 7.00. The number of nitrogens with one attached hydrogen (secondary N) is 2. The lowest BCUT2D eigenvalue weighted by atomic mass is 10.00. The minimum atomic E-state index is -0.929. The van der Waals surface area contributed by atoms with E-state index in [1.165, 1.54) is 24.3 Å². The zero-order valence-corrected chi connectivity index (χ0v) is 12.8. The largest absolute Gasteiger partial charge is 0.507 e. The number of benzene rings is 1. The van der Waals surface area contributed by atoms with Crippen LogP contribution >= 0.6 is 0 Å². The van der Waals surface area contributed by atoms with Crippen LogP contribution in [0.4, 0.5) is 0 Å². The third-order valence-corrected chi connectivity index (χ3v) is 3.50. The number of H-pyrrole nitrogens is 2. The van der Waals surface area contributed by atoms with Gasteiger partial charge in [0.25, 0.3) is 5.56 Å². The molecule has 0 bridgehead atoms. The van der Waals surface area contributed by atoms with E-state index in [-0.39, 0.29) is 33.6 Å². The lowest BCUT2D eigenvalue weighted by molar-refractivity contribution is 0.0591. The van der Waals surface area contributed by atoms with E-state index >= 15 is 0 Å². The number of hydrogen-bond acceptors (Lipinski definition) is 7. The van der Waals surface area contributed by atoms with Crippen LogP contribution < -0.4 is 11.2 Å². The van der Waals surface area contributed by atoms with Crippen LogP contribution in [0, 0.1) is 0 Å². The summed E-state index contributed by atoms with van der Waals surface area (Å²) in [6, 6.07) is 6.85. The van der Waals surface area contributed by atoms with E-state index in [0.29, 0.717) is 0 Å². The minimum Gasteiger partial charge on any atom is -0.507 e. The number of pyridine rings is 1. The Morgan fingerprint density at radius 2 is 1.84 bits per heavy atom. The normalized spacial score (nSPS) is 10.6. The van der Waals surface area contributed by atoms with Crippen LogP contribution in [-0.2, 0) is 4.74 Å². The summed E-state index contributed by atoms with van der Waals surface area (Å²) < 4.78 is 4.61. The van der Waals surface area contributed by atoms with Crippen LogP contribution in [0.15, 0.2) is 39.9 Å². The number of aromatic amines is 2. The second-order valence-electron chi connectivity index (χ2n) is 5.03. The van der Waals surface area contributed by atoms with Gasteiger partial charge in [-0.15, -0.1) is 0 Å². The third kappa shape index (κ3) is 2.78. The van der Waals surface area contributed by atoms with Crippen LogP contribution in [0.25, 0.3) is 11.0 Å². The molecule has 3 aromatic rings. The second kappa shape index (κ2) is 6.04. The average molecular weight is 341 g/mol. The summed E-state index contributed by atoms with van der Waals surface area (Å²) in [5, 5.41) is 9.77. The molecule has 126 valence electrons. The number of para-hydroxylation sites is 1. The number of phenolic OH excluding ortho intramolecular Hbond substituents is 1. The Hall–Kier alpha value is -3.75. The molecule has 0 saturated carbocycles. The van der Waals surface area contributed by atoms with Gasteiger partial charge in [-0.2, -0.15) is 0 Å². The highest BCUT2D eigenvalue weighted by Crippen LogP contribution is 2.23. The second-order valence-corrected chi connectivity index (χ2v) is 5.03. The number of aromatic nitrogens is 3. The van der Waals surface area contributed by atoms with E-state index in [1.807, 2.05) is 4.98 Å². The van der Waals surface area contributed by atoms with Crippen molar-refractivity contribution in [1.29, 1.82) is 0 Å². The zero-order valence-electron chi connectivity index (χ0n) is 12.8. The molecule has 9 heteroatoms. The summed E-state index contributed by atoms with van der Waals surface area (Å²) in [5.41, 5.74) is -2.44. The van der Waals surface area contributed by atoms with Gasteiger partial charge < -0.3 is 9.84 Å². The number of phenols is 1. The van der Waals surface area contributed by atoms with Gasteiger partial charge in [-0.05, 0) is 18.2 Å². The number of nitrogens with zero attached hydrogens (tertiary/aromatic N) is 1. The average Bonchev–Trinajstić information content (AvgIpc) is 2.59. The Morgan fingerprint density at radius 3 is 2.52 bits per heavy atom. The van der Waals surface area contributed by atoms with Crippen molar-refractivity contribution in [3.8, 4) is 5.75 Å². The molecular weight excluding hydrogens is 330 g/mol. The maximum Gasteiger partial charge on any atom is 0.357 e. The molecule has 0 saturated heterocycles. The summed E-state index contributed by atoms with van der Waals surface area (Å²) in [6.45, 7) is 0. The van der Waals surface area contributed by atoms with Crippen LogP contribution in [0.2, 0.25) is 0 Å². The summed E-state index contributed by atoms with van der Waals surface area (Å²) in [7, 11) is 1.10. The van der Waals surface area contributed by atoms with Crippen molar-refractivity contribution in [3.05, 3.63) is 68.0 Å². The highest BCUT2D eigenvalue weighted by Gasteiger charge is 2.24. The summed E-state index contributed by atoms with van der Waals surface area (Å²) >= 11 is 0. The van der Waals surface area contributed by atoms with Crippen molar-refractivity contribution < 1.29 is 19.4 Å². The number of fused-ring (bicyclic) bond motifs is 1. The summed E-state index contributed by atoms with van der Waals surface area (Å²) in [5.74, 6) is -1.95. The van der Waals surface area contributed by atoms with Gasteiger partial charge in [0.05, 0.1) is 23.6 Å². The van der Waals surface area contributed by atoms with Crippen molar-refractivity contribution >= 4 is 22.8 Å². The van der Waals surface area contributed by atoms with Crippen molar-refractivity contribution in [2.24, 2.45) is 0 Å². The molecule has 0 aliphatic carbocycles. The van der Waals surface area contributed by atoms with E-state index in [2.05, 4.69) is 14.7 Å². The predicted octanol–water partition coefficient (Wildman–Crippen LogP) is 0.335. The third-order valence-electron chi connectivity index (χ3n) is 3.50. The molecule has 3 N–H and O–H groups in total. The molecule has 2 aromatic heterocycles. The van der Waals surface area contributed by atoms with Crippen molar-refractivity contribution in [3.63, 3.8) is 0 Å². The van der Waals surface area contributed by atoms with Crippen LogP contribution in [-0.4, -0.2) is 38.9 Å². The molecule has 0 atom stereocenters. The lowest BCUT2D eigenvalue weighted by Gasteiger charge is -2.09. The van der Waals surface area contributed by atoms with Gasteiger partial charge in [0.1, 0.15) is 11.4 Å². The number of methoxy groups -OCH3 is 1. The quantitative estimate of drug-likeness (QED) is 0.460. The van der Waals surface area contributed by atoms with Gasteiger partial charge in [0.2, 0.25) is 0 Å². The fourth-order valence-electron chi connectivity index (χ4n) is 2.33. The fourth-order valence-corrected chi connectivity index (χ4v) is 2.33. The minimum absolute atomic E-state index is 0.0744. The first-order chi connectivity index (χ1) is 11.9. The molecule has 3 rings (SSSR count). The molecule has 2 heterocycles. The molecule has 9 nitrogen and oxygen atoms in total. The SMILES string of the molecule is COC(=O)c1nc2[nH]c(=O)[nH]c(=O)c2cc1C(=O)c1ccccc1O. The molecule has 0 radical (unpaired) electrons. The molecule has 0 aliphatic rings. The highest BCUT2D eigenvalue weighted by molar-refractivity contribution is 6.16. The Bertz CT molecular complexity index is 1130. The van der Waals surface area contributed by atoms with Crippen molar-refractivity contribution in [1.82, 2.24) is 15.0 Å². The molecule has 0 aliphatic heterocycles. The number of esters is 1. The van der Waals surface area contributed by atoms with Crippen LogP contribution in [0.5, 0.6) is 5.75 Å². The van der Waals surface area contributed by atoms with Gasteiger partial charge in [-0.1, -0.05) is 12.1 Å². The number of ketones is 1. The molecule has 0 fully saturated rings. The first-order valence-corrected chi connectivity index (χ1v) is 7.00. The summed E-state index contributed by atoms with van der Waals surface area (Å²) in [4.78, 5) is 56.2. The maximum absolute atomic E-state index is 12.7. The number of carbonyl (C=O) groups excluding carboxylic acids is 2. The monoisotopic (exact) mass is 341 g/mol. The highest BCUT2D eigenvalue weighted by atomic mass is 16.5. The molecule has 25 heavy (non-hydrogen) atoms. The number of aromatic hydroxyl groups is 1. The Morgan fingerprint density at radius 1 is 1.12 bits per heavy atom. The van der Waals surface area contributed by atoms with E-state index < -0.39 is 23.0 Å². The molecular formula is C16H11N3O6. The lowest BCUT2D eigenvalue weighted by Crippen LogP contribution is -2.24. The first kappa shape index (κ1) is 16.1. The maximum atomic E-state index is 12.7. The van der Waals surface area contributed by atoms with Gasteiger partial charge in [-0.25, -0.2) is 14.6 Å². The van der Waals surface area contributed by atoms with Crippen LogP contribution in [0.1, 0.15) is 26.4 Å². The number of carbonyl (C=O) groups is 2. The number of hydrogen-bond donors (Lipinski definition) is 3. The molecule has 1 aromatic carbocycles. The van der Waals surface area contributed by atoms with E-state index in [1.54, 1.807) is 0 Å². The van der Waals surface area contributed by atoms with Gasteiger partial charge in [-0.3, -0.25) is 19.6 Å². The van der Waals surface area contributed by atoms with Crippen molar-refractivity contribution in [2.45, 2.75) is 0 Å². The number of ether oxygens (including phenoxy) is 1. The topological polar surface area (TPSA) is 142 Å². The zero-order chi connectivity index (χ0) is 18.1. The molecule has 0 amide bonds. The smallest absolute Gasteiger partial charge is 0.357 e. The van der Waals surface area contributed by atoms with Crippen molar-refractivity contribution in [2.75, 3.05) is 7.11 Å². The van der Waals surface area contributed by atoms with E-state index in [0.717, 1.165) is 13.2 Å². The van der Waals surface area contributed by atoms with Gasteiger partial charge >= 0.3 is 11.7 Å². The predicted molar refractivity (Wildman–Crippen MR) is 85.9 cm³/mol.